The molecule has 2 fully saturated rings. The molecule has 2 aromatic rings. The molecule has 2 aliphatic rings. The molecule has 0 saturated carbocycles. The summed E-state index contributed by atoms with van der Waals surface area (Å²) in [5, 5.41) is 10.7. The van der Waals surface area contributed by atoms with Gasteiger partial charge in [0.2, 0.25) is 5.95 Å². The van der Waals surface area contributed by atoms with Gasteiger partial charge in [-0.1, -0.05) is 0 Å². The largest absolute Gasteiger partial charge is 0.335 e. The van der Waals surface area contributed by atoms with Crippen LogP contribution in [0.15, 0.2) is 18.5 Å². The average Bonchev–Trinajstić information content (AvgIpc) is 3.16. The molecule has 0 amide bonds. The average molecular weight is 288 g/mol. The summed E-state index contributed by atoms with van der Waals surface area (Å²) < 4.78 is 13.2. The number of hydrogen-bond acceptors (Lipinski definition) is 5. The molecular formula is C14H17FN6. The van der Waals surface area contributed by atoms with Crippen molar-refractivity contribution in [3.63, 3.8) is 0 Å². The monoisotopic (exact) mass is 288 g/mol. The van der Waals surface area contributed by atoms with E-state index in [1.54, 1.807) is 6.20 Å². The minimum Gasteiger partial charge on any atom is -0.335 e. The summed E-state index contributed by atoms with van der Waals surface area (Å²) in [4.78, 5) is 10.6. The number of H-pyrrole nitrogens is 1. The summed E-state index contributed by atoms with van der Waals surface area (Å²) in [5.74, 6) is 1.57. The Morgan fingerprint density at radius 1 is 1.29 bits per heavy atom. The van der Waals surface area contributed by atoms with Gasteiger partial charge in [0.1, 0.15) is 5.82 Å². The van der Waals surface area contributed by atoms with Crippen molar-refractivity contribution >= 4 is 5.95 Å². The first kappa shape index (κ1) is 12.7. The fraction of sp³-hybridized carbons (Fsp3) is 0.500. The van der Waals surface area contributed by atoms with Crippen LogP contribution in [0.25, 0.3) is 11.4 Å². The SMILES string of the molecule is Fc1cncc(-c2nc(N3CCCC4CNCC43)n[nH]2)c1. The topological polar surface area (TPSA) is 69.7 Å². The number of anilines is 1. The Bertz CT molecular complexity index is 642. The van der Waals surface area contributed by atoms with Gasteiger partial charge < -0.3 is 10.2 Å². The predicted octanol–water partition coefficient (Wildman–Crippen LogP) is 1.19. The quantitative estimate of drug-likeness (QED) is 0.869. The summed E-state index contributed by atoms with van der Waals surface area (Å²) in [6.07, 6.45) is 5.19. The van der Waals surface area contributed by atoms with Crippen LogP contribution in [0.5, 0.6) is 0 Å². The second-order valence-electron chi connectivity index (χ2n) is 5.70. The van der Waals surface area contributed by atoms with Gasteiger partial charge in [-0.25, -0.2) is 4.39 Å². The van der Waals surface area contributed by atoms with Crippen LogP contribution < -0.4 is 10.2 Å². The van der Waals surface area contributed by atoms with E-state index in [9.17, 15) is 4.39 Å². The minimum atomic E-state index is -0.372. The number of piperidine rings is 1. The van der Waals surface area contributed by atoms with E-state index in [0.29, 0.717) is 29.3 Å². The lowest BCUT2D eigenvalue weighted by Crippen LogP contribution is -2.45. The van der Waals surface area contributed by atoms with E-state index in [4.69, 9.17) is 0 Å². The predicted molar refractivity (Wildman–Crippen MR) is 76.3 cm³/mol. The van der Waals surface area contributed by atoms with E-state index in [1.807, 2.05) is 0 Å². The molecule has 110 valence electrons. The maximum absolute atomic E-state index is 13.2. The highest BCUT2D eigenvalue weighted by atomic mass is 19.1. The van der Waals surface area contributed by atoms with Crippen LogP contribution in [0.2, 0.25) is 0 Å². The van der Waals surface area contributed by atoms with E-state index in [2.05, 4.69) is 30.4 Å². The van der Waals surface area contributed by atoms with Gasteiger partial charge in [0.15, 0.2) is 5.82 Å². The maximum Gasteiger partial charge on any atom is 0.245 e. The highest BCUT2D eigenvalue weighted by Crippen LogP contribution is 2.29. The van der Waals surface area contributed by atoms with Crippen LogP contribution in [0.1, 0.15) is 12.8 Å². The van der Waals surface area contributed by atoms with Crippen molar-refractivity contribution in [3.05, 3.63) is 24.3 Å². The first-order valence-electron chi connectivity index (χ1n) is 7.32. The molecule has 0 radical (unpaired) electrons. The maximum atomic E-state index is 13.2. The smallest absolute Gasteiger partial charge is 0.245 e. The summed E-state index contributed by atoms with van der Waals surface area (Å²) >= 11 is 0. The zero-order valence-electron chi connectivity index (χ0n) is 11.6. The molecule has 0 bridgehead atoms. The molecule has 0 spiro atoms. The van der Waals surface area contributed by atoms with Gasteiger partial charge in [0.05, 0.1) is 6.20 Å². The molecule has 4 heterocycles. The normalized spacial score (nSPS) is 25.1. The molecule has 6 nitrogen and oxygen atoms in total. The van der Waals surface area contributed by atoms with E-state index in [-0.39, 0.29) is 5.82 Å². The highest BCUT2D eigenvalue weighted by molar-refractivity contribution is 5.55. The zero-order chi connectivity index (χ0) is 14.2. The molecule has 2 unspecified atom stereocenters. The summed E-state index contributed by atoms with van der Waals surface area (Å²) in [6, 6.07) is 1.88. The van der Waals surface area contributed by atoms with Crippen LogP contribution >= 0.6 is 0 Å². The van der Waals surface area contributed by atoms with Crippen LogP contribution in [0.3, 0.4) is 0 Å². The minimum absolute atomic E-state index is 0.372. The van der Waals surface area contributed by atoms with Crippen LogP contribution in [0, 0.1) is 11.7 Å². The molecule has 21 heavy (non-hydrogen) atoms. The number of nitrogens with one attached hydrogen (secondary N) is 2. The fourth-order valence-electron chi connectivity index (χ4n) is 3.37. The third-order valence-corrected chi connectivity index (χ3v) is 4.39. The summed E-state index contributed by atoms with van der Waals surface area (Å²) in [7, 11) is 0. The highest BCUT2D eigenvalue weighted by Gasteiger charge is 2.36. The van der Waals surface area contributed by atoms with Crippen molar-refractivity contribution in [1.29, 1.82) is 0 Å². The summed E-state index contributed by atoms with van der Waals surface area (Å²) in [5.41, 5.74) is 0.617. The van der Waals surface area contributed by atoms with Crippen molar-refractivity contribution < 1.29 is 4.39 Å². The molecule has 4 rings (SSSR count). The Hall–Kier alpha value is -2.02. The van der Waals surface area contributed by atoms with E-state index in [0.717, 1.165) is 26.1 Å². The lowest BCUT2D eigenvalue weighted by molar-refractivity contribution is 0.381. The molecule has 0 aromatic carbocycles. The lowest BCUT2D eigenvalue weighted by atomic mass is 9.92. The number of halogens is 1. The number of hydrogen-bond donors (Lipinski definition) is 2. The number of fused-ring (bicyclic) bond motifs is 1. The zero-order valence-corrected chi connectivity index (χ0v) is 11.6. The van der Waals surface area contributed by atoms with E-state index < -0.39 is 0 Å². The summed E-state index contributed by atoms with van der Waals surface area (Å²) in [6.45, 7) is 3.03. The van der Waals surface area contributed by atoms with Gasteiger partial charge in [-0.05, 0) is 24.8 Å². The molecule has 7 heteroatoms. The third-order valence-electron chi connectivity index (χ3n) is 4.39. The van der Waals surface area contributed by atoms with Crippen molar-refractivity contribution in [2.45, 2.75) is 18.9 Å². The van der Waals surface area contributed by atoms with Crippen LogP contribution in [-0.4, -0.2) is 45.8 Å². The van der Waals surface area contributed by atoms with E-state index >= 15 is 0 Å². The molecule has 0 aliphatic carbocycles. The number of aromatic nitrogens is 4. The lowest BCUT2D eigenvalue weighted by Gasteiger charge is -2.36. The van der Waals surface area contributed by atoms with Crippen molar-refractivity contribution in [2.24, 2.45) is 5.92 Å². The van der Waals surface area contributed by atoms with E-state index in [1.165, 1.54) is 18.7 Å². The third kappa shape index (κ3) is 2.27. The van der Waals surface area contributed by atoms with Gasteiger partial charge in [-0.2, -0.15) is 4.98 Å². The first-order chi connectivity index (χ1) is 10.3. The molecular weight excluding hydrogens is 271 g/mol. The van der Waals surface area contributed by atoms with Crippen molar-refractivity contribution in [3.8, 4) is 11.4 Å². The number of pyridine rings is 1. The van der Waals surface area contributed by atoms with Gasteiger partial charge in [-0.3, -0.25) is 10.1 Å². The standard InChI is InChI=1S/C14H17FN6/c15-11-4-10(6-16-7-11)13-18-14(20-19-13)21-3-1-2-9-5-17-8-12(9)21/h4,6-7,9,12,17H,1-3,5,8H2,(H,18,19,20). The molecule has 2 aromatic heterocycles. The Labute approximate surface area is 121 Å². The van der Waals surface area contributed by atoms with Gasteiger partial charge in [0.25, 0.3) is 0 Å². The molecule has 2 atom stereocenters. The second-order valence-corrected chi connectivity index (χ2v) is 5.70. The van der Waals surface area contributed by atoms with Gasteiger partial charge in [-0.15, -0.1) is 5.10 Å². The van der Waals surface area contributed by atoms with Crippen molar-refractivity contribution in [2.75, 3.05) is 24.5 Å². The molecule has 2 aliphatic heterocycles. The Balaban J connectivity index is 1.62. The second kappa shape index (κ2) is 5.07. The number of nitrogens with zero attached hydrogens (tertiary/aromatic N) is 4. The van der Waals surface area contributed by atoms with Crippen molar-refractivity contribution in [1.82, 2.24) is 25.5 Å². The van der Waals surface area contributed by atoms with Gasteiger partial charge in [0, 0.05) is 37.4 Å². The Morgan fingerprint density at radius 3 is 3.14 bits per heavy atom. The number of aromatic amines is 1. The van der Waals surface area contributed by atoms with Crippen LogP contribution in [-0.2, 0) is 0 Å². The molecule has 2 N–H and O–H groups in total. The van der Waals surface area contributed by atoms with Crippen LogP contribution in [0.4, 0.5) is 10.3 Å². The Morgan fingerprint density at radius 2 is 2.24 bits per heavy atom. The Kier molecular flexibility index (Phi) is 3.07. The molecule has 2 saturated heterocycles. The fourth-order valence-corrected chi connectivity index (χ4v) is 3.37. The van der Waals surface area contributed by atoms with Gasteiger partial charge >= 0.3 is 0 Å². The first-order valence-corrected chi connectivity index (χ1v) is 7.32. The number of rotatable bonds is 2.